The Morgan fingerprint density at radius 2 is 2.00 bits per heavy atom. The van der Waals surface area contributed by atoms with Crippen LogP contribution in [0, 0.1) is 0 Å². The number of benzene rings is 1. The fourth-order valence-electron chi connectivity index (χ4n) is 2.84. The summed E-state index contributed by atoms with van der Waals surface area (Å²) in [6, 6.07) is 11.2. The molecule has 0 radical (unpaired) electrons. The Hall–Kier alpha value is -0.900. The maximum Gasteiger partial charge on any atom is 0.173 e. The molecule has 19 heavy (non-hydrogen) atoms. The average molecular weight is 263 g/mol. The maximum atomic E-state index is 5.98. The van der Waals surface area contributed by atoms with Crippen LogP contribution in [0.1, 0.15) is 32.3 Å². The molecule has 2 rings (SSSR count). The van der Waals surface area contributed by atoms with Crippen molar-refractivity contribution in [1.29, 1.82) is 0 Å². The number of likely N-dealkylation sites (tertiary alicyclic amines) is 1. The second-order valence-electron chi connectivity index (χ2n) is 5.44. The van der Waals surface area contributed by atoms with E-state index in [0.717, 1.165) is 13.0 Å². The maximum absolute atomic E-state index is 5.98. The summed E-state index contributed by atoms with van der Waals surface area (Å²) in [5, 5.41) is 0. The summed E-state index contributed by atoms with van der Waals surface area (Å²) < 4.78 is 11.6. The lowest BCUT2D eigenvalue weighted by molar-refractivity contribution is -0.167. The summed E-state index contributed by atoms with van der Waals surface area (Å²) in [7, 11) is 1.74. The molecular formula is C16H25NO2. The standard InChI is InChI=1S/C16H25NO2/c1-13(2)17-11-7-10-15(17)16(18-3)19-12-14-8-5-4-6-9-14/h4-6,8-9,13,15-16H,7,10-12H2,1-3H3/t15-,16?/m0/s1. The first-order valence-corrected chi connectivity index (χ1v) is 7.16. The Balaban J connectivity index is 1.92. The fraction of sp³-hybridized carbons (Fsp3) is 0.625. The first kappa shape index (κ1) is 14.5. The van der Waals surface area contributed by atoms with Gasteiger partial charge in [-0.2, -0.15) is 0 Å². The molecule has 1 saturated heterocycles. The van der Waals surface area contributed by atoms with Gasteiger partial charge >= 0.3 is 0 Å². The van der Waals surface area contributed by atoms with Gasteiger partial charge in [-0.05, 0) is 38.8 Å². The third-order valence-corrected chi connectivity index (χ3v) is 3.81. The minimum absolute atomic E-state index is 0.134. The van der Waals surface area contributed by atoms with E-state index in [0.29, 0.717) is 18.7 Å². The predicted octanol–water partition coefficient (Wildman–Crippen LogP) is 3.05. The minimum atomic E-state index is -0.134. The smallest absolute Gasteiger partial charge is 0.173 e. The molecule has 0 N–H and O–H groups in total. The number of rotatable bonds is 6. The van der Waals surface area contributed by atoms with Crippen LogP contribution < -0.4 is 0 Å². The van der Waals surface area contributed by atoms with Crippen LogP contribution >= 0.6 is 0 Å². The number of ether oxygens (including phenoxy) is 2. The van der Waals surface area contributed by atoms with Crippen LogP contribution in [0.2, 0.25) is 0 Å². The Bertz CT molecular complexity index is 366. The normalized spacial score (nSPS) is 22.0. The molecule has 0 aliphatic carbocycles. The molecule has 3 nitrogen and oxygen atoms in total. The first-order valence-electron chi connectivity index (χ1n) is 7.16. The van der Waals surface area contributed by atoms with E-state index in [4.69, 9.17) is 9.47 Å². The summed E-state index contributed by atoms with van der Waals surface area (Å²) in [5.41, 5.74) is 1.19. The SMILES string of the molecule is COC(OCc1ccccc1)[C@@H]1CCCN1C(C)C. The van der Waals surface area contributed by atoms with E-state index in [9.17, 15) is 0 Å². The summed E-state index contributed by atoms with van der Waals surface area (Å²) in [4.78, 5) is 2.49. The topological polar surface area (TPSA) is 21.7 Å². The van der Waals surface area contributed by atoms with Gasteiger partial charge in [0, 0.05) is 13.2 Å². The van der Waals surface area contributed by atoms with E-state index >= 15 is 0 Å². The third-order valence-electron chi connectivity index (χ3n) is 3.81. The van der Waals surface area contributed by atoms with E-state index in [-0.39, 0.29) is 6.29 Å². The zero-order chi connectivity index (χ0) is 13.7. The van der Waals surface area contributed by atoms with Gasteiger partial charge in [0.15, 0.2) is 6.29 Å². The Kier molecular flexibility index (Phi) is 5.37. The van der Waals surface area contributed by atoms with E-state index in [1.165, 1.54) is 12.0 Å². The van der Waals surface area contributed by atoms with E-state index in [1.807, 2.05) is 18.2 Å². The van der Waals surface area contributed by atoms with Crippen molar-refractivity contribution < 1.29 is 9.47 Å². The third kappa shape index (κ3) is 3.78. The van der Waals surface area contributed by atoms with Gasteiger partial charge in [-0.3, -0.25) is 4.90 Å². The molecule has 3 heteroatoms. The molecule has 0 aromatic heterocycles. The molecule has 1 fully saturated rings. The Morgan fingerprint density at radius 1 is 1.26 bits per heavy atom. The van der Waals surface area contributed by atoms with Crippen molar-refractivity contribution in [2.24, 2.45) is 0 Å². The summed E-state index contributed by atoms with van der Waals surface area (Å²) in [6.07, 6.45) is 2.26. The summed E-state index contributed by atoms with van der Waals surface area (Å²) in [5.74, 6) is 0. The molecule has 1 aliphatic heterocycles. The molecule has 0 amide bonds. The van der Waals surface area contributed by atoms with Crippen molar-refractivity contribution in [2.75, 3.05) is 13.7 Å². The molecule has 1 aromatic carbocycles. The summed E-state index contributed by atoms with van der Waals surface area (Å²) in [6.45, 7) is 6.24. The molecule has 1 aromatic rings. The lowest BCUT2D eigenvalue weighted by Gasteiger charge is -2.33. The van der Waals surface area contributed by atoms with Gasteiger partial charge < -0.3 is 9.47 Å². The second-order valence-corrected chi connectivity index (χ2v) is 5.44. The van der Waals surface area contributed by atoms with Crippen LogP contribution in [-0.2, 0) is 16.1 Å². The van der Waals surface area contributed by atoms with Crippen molar-refractivity contribution >= 4 is 0 Å². The highest BCUT2D eigenvalue weighted by Gasteiger charge is 2.33. The zero-order valence-corrected chi connectivity index (χ0v) is 12.2. The molecule has 0 saturated carbocycles. The molecule has 106 valence electrons. The Labute approximate surface area is 116 Å². The molecular weight excluding hydrogens is 238 g/mol. The molecule has 2 atom stereocenters. The van der Waals surface area contributed by atoms with E-state index < -0.39 is 0 Å². The van der Waals surface area contributed by atoms with Crippen molar-refractivity contribution in [3.8, 4) is 0 Å². The molecule has 0 spiro atoms. The van der Waals surface area contributed by atoms with Crippen LogP contribution in [-0.4, -0.2) is 36.9 Å². The van der Waals surface area contributed by atoms with Crippen LogP contribution in [0.25, 0.3) is 0 Å². The molecule has 0 bridgehead atoms. The number of nitrogens with zero attached hydrogens (tertiary/aromatic N) is 1. The summed E-state index contributed by atoms with van der Waals surface area (Å²) >= 11 is 0. The fourth-order valence-corrected chi connectivity index (χ4v) is 2.84. The number of hydrogen-bond donors (Lipinski definition) is 0. The van der Waals surface area contributed by atoms with Gasteiger partial charge in [0.25, 0.3) is 0 Å². The quantitative estimate of drug-likeness (QED) is 0.736. The van der Waals surface area contributed by atoms with E-state index in [1.54, 1.807) is 7.11 Å². The van der Waals surface area contributed by atoms with Gasteiger partial charge in [0.1, 0.15) is 0 Å². The molecule has 1 aliphatic rings. The highest BCUT2D eigenvalue weighted by Crippen LogP contribution is 2.25. The molecule has 1 unspecified atom stereocenters. The van der Waals surface area contributed by atoms with Crippen molar-refractivity contribution in [1.82, 2.24) is 4.90 Å². The van der Waals surface area contributed by atoms with Crippen LogP contribution in [0.15, 0.2) is 30.3 Å². The lowest BCUT2D eigenvalue weighted by atomic mass is 10.2. The molecule has 1 heterocycles. The van der Waals surface area contributed by atoms with Crippen molar-refractivity contribution in [3.63, 3.8) is 0 Å². The highest BCUT2D eigenvalue weighted by atomic mass is 16.7. The van der Waals surface area contributed by atoms with Crippen LogP contribution in [0.3, 0.4) is 0 Å². The van der Waals surface area contributed by atoms with Gasteiger partial charge in [-0.25, -0.2) is 0 Å². The van der Waals surface area contributed by atoms with Gasteiger partial charge in [0.05, 0.1) is 12.6 Å². The number of hydrogen-bond acceptors (Lipinski definition) is 3. The van der Waals surface area contributed by atoms with Gasteiger partial charge in [-0.1, -0.05) is 30.3 Å². The first-order chi connectivity index (χ1) is 9.22. The lowest BCUT2D eigenvalue weighted by Crippen LogP contribution is -2.44. The zero-order valence-electron chi connectivity index (χ0n) is 12.2. The number of methoxy groups -OCH3 is 1. The van der Waals surface area contributed by atoms with E-state index in [2.05, 4.69) is 30.9 Å². The largest absolute Gasteiger partial charge is 0.354 e. The second kappa shape index (κ2) is 7.04. The Morgan fingerprint density at radius 3 is 2.63 bits per heavy atom. The van der Waals surface area contributed by atoms with Crippen LogP contribution in [0.5, 0.6) is 0 Å². The predicted molar refractivity (Wildman–Crippen MR) is 76.9 cm³/mol. The monoisotopic (exact) mass is 263 g/mol. The van der Waals surface area contributed by atoms with Crippen molar-refractivity contribution in [3.05, 3.63) is 35.9 Å². The van der Waals surface area contributed by atoms with Gasteiger partial charge in [0.2, 0.25) is 0 Å². The minimum Gasteiger partial charge on any atom is -0.354 e. The highest BCUT2D eigenvalue weighted by molar-refractivity contribution is 5.13. The van der Waals surface area contributed by atoms with Crippen LogP contribution in [0.4, 0.5) is 0 Å². The average Bonchev–Trinajstić information content (AvgIpc) is 2.90. The van der Waals surface area contributed by atoms with Crippen molar-refractivity contribution in [2.45, 2.75) is 51.7 Å². The van der Waals surface area contributed by atoms with Gasteiger partial charge in [-0.15, -0.1) is 0 Å².